The molecule has 4 N–H and O–H groups in total. The lowest BCUT2D eigenvalue weighted by molar-refractivity contribution is -0.138. The van der Waals surface area contributed by atoms with Crippen LogP contribution in [-0.4, -0.2) is 82.9 Å². The molecule has 0 unspecified atom stereocenters. The number of hydrogen-bond donors (Lipinski definition) is 4. The topological polar surface area (TPSA) is 150 Å². The van der Waals surface area contributed by atoms with Crippen molar-refractivity contribution in [2.45, 2.75) is 65.0 Å². The van der Waals surface area contributed by atoms with Crippen LogP contribution in [-0.2, 0) is 24.2 Å². The molecular weight excluding hydrogens is 508 g/mol. The molecule has 1 aliphatic heterocycles. The summed E-state index contributed by atoms with van der Waals surface area (Å²) >= 11 is 0. The number of aryl methyl sites for hydroxylation is 4. The van der Waals surface area contributed by atoms with Crippen molar-refractivity contribution in [1.29, 1.82) is 0 Å². The fourth-order valence-corrected chi connectivity index (χ4v) is 5.23. The zero-order valence-corrected chi connectivity index (χ0v) is 23.2. The van der Waals surface area contributed by atoms with Gasteiger partial charge in [0, 0.05) is 31.0 Å². The molecule has 4 aromatic heterocycles. The third kappa shape index (κ3) is 6.92. The van der Waals surface area contributed by atoms with Crippen molar-refractivity contribution in [3.05, 3.63) is 53.5 Å². The van der Waals surface area contributed by atoms with E-state index in [1.807, 2.05) is 11.6 Å². The van der Waals surface area contributed by atoms with Crippen molar-refractivity contribution in [3.8, 4) is 0 Å². The monoisotopic (exact) mass is 546 g/mol. The normalized spacial score (nSPS) is 13.8. The highest BCUT2D eigenvalue weighted by atomic mass is 16.4. The summed E-state index contributed by atoms with van der Waals surface area (Å²) in [6, 6.07) is 5.63. The minimum absolute atomic E-state index is 0.417. The second-order valence-electron chi connectivity index (χ2n) is 10.4. The average molecular weight is 547 g/mol. The highest BCUT2D eigenvalue weighted by Crippen LogP contribution is 2.21. The first-order valence-electron chi connectivity index (χ1n) is 14.1. The number of anilines is 2. The van der Waals surface area contributed by atoms with E-state index >= 15 is 0 Å². The molecule has 0 saturated heterocycles. The third-order valence-electron chi connectivity index (χ3n) is 7.40. The molecule has 212 valence electrons. The van der Waals surface area contributed by atoms with Gasteiger partial charge in [-0.05, 0) is 76.6 Å². The molecule has 0 radical (unpaired) electrons. The highest BCUT2D eigenvalue weighted by Gasteiger charge is 2.21. The molecule has 12 heteroatoms. The van der Waals surface area contributed by atoms with Crippen molar-refractivity contribution in [1.82, 2.24) is 39.6 Å². The van der Waals surface area contributed by atoms with Crippen molar-refractivity contribution in [3.63, 3.8) is 0 Å². The van der Waals surface area contributed by atoms with Gasteiger partial charge in [-0.3, -0.25) is 4.68 Å². The number of imidazole rings is 1. The maximum atomic E-state index is 12.2. The van der Waals surface area contributed by atoms with Crippen LogP contribution in [0.4, 0.5) is 11.6 Å². The second kappa shape index (κ2) is 12.9. The molecule has 1 atom stereocenters. The summed E-state index contributed by atoms with van der Waals surface area (Å²) < 4.78 is 2.02. The summed E-state index contributed by atoms with van der Waals surface area (Å²) in [5.41, 5.74) is 5.65. The van der Waals surface area contributed by atoms with Crippen LogP contribution in [0, 0.1) is 13.8 Å². The number of carboxylic acid groups (broad SMARTS) is 1. The lowest BCUT2D eigenvalue weighted by Crippen LogP contribution is -2.37. The van der Waals surface area contributed by atoms with Gasteiger partial charge in [0.15, 0.2) is 11.5 Å². The highest BCUT2D eigenvalue weighted by molar-refractivity contribution is 5.85. The van der Waals surface area contributed by atoms with Crippen LogP contribution >= 0.6 is 0 Å². The minimum atomic E-state index is -0.923. The molecule has 5 rings (SSSR count). The second-order valence-corrected chi connectivity index (χ2v) is 10.4. The molecule has 0 amide bonds. The molecule has 1 aliphatic rings. The van der Waals surface area contributed by atoms with Gasteiger partial charge in [-0.15, -0.1) is 0 Å². The third-order valence-corrected chi connectivity index (χ3v) is 7.40. The molecule has 5 heterocycles. The number of aromatic nitrogens is 7. The Labute approximate surface area is 233 Å². The van der Waals surface area contributed by atoms with Crippen LogP contribution in [0.1, 0.15) is 48.3 Å². The molecule has 0 aromatic carbocycles. The average Bonchev–Trinajstić information content (AvgIpc) is 3.56. The van der Waals surface area contributed by atoms with Gasteiger partial charge in [-0.2, -0.15) is 5.10 Å². The molecular formula is C28H38N10O2. The summed E-state index contributed by atoms with van der Waals surface area (Å²) in [5, 5.41) is 21.1. The van der Waals surface area contributed by atoms with Crippen LogP contribution in [0.15, 0.2) is 30.9 Å². The number of aliphatic carboxylic acids is 1. The van der Waals surface area contributed by atoms with Crippen molar-refractivity contribution in [2.75, 3.05) is 36.8 Å². The maximum Gasteiger partial charge on any atom is 0.326 e. The molecule has 0 saturated carbocycles. The maximum absolute atomic E-state index is 12.2. The predicted octanol–water partition coefficient (Wildman–Crippen LogP) is 3.20. The van der Waals surface area contributed by atoms with Crippen LogP contribution in [0.3, 0.4) is 0 Å². The Hall–Kier alpha value is -4.06. The van der Waals surface area contributed by atoms with Gasteiger partial charge in [0.2, 0.25) is 0 Å². The minimum Gasteiger partial charge on any atom is -0.480 e. The van der Waals surface area contributed by atoms with E-state index in [9.17, 15) is 9.90 Å². The number of aromatic amines is 1. The Balaban J connectivity index is 1.19. The predicted molar refractivity (Wildman–Crippen MR) is 153 cm³/mol. The van der Waals surface area contributed by atoms with Gasteiger partial charge in [0.05, 0.1) is 18.6 Å². The quantitative estimate of drug-likeness (QED) is 0.174. The van der Waals surface area contributed by atoms with E-state index in [4.69, 9.17) is 4.98 Å². The zero-order chi connectivity index (χ0) is 27.9. The fraction of sp³-hybridized carbons (Fsp3) is 0.500. The number of carbonyl (C=O) groups is 1. The summed E-state index contributed by atoms with van der Waals surface area (Å²) in [7, 11) is 0. The number of unbranched alkanes of at least 4 members (excludes halogenated alkanes) is 1. The Bertz CT molecular complexity index is 1430. The van der Waals surface area contributed by atoms with E-state index in [1.54, 1.807) is 0 Å². The van der Waals surface area contributed by atoms with Gasteiger partial charge < -0.3 is 25.6 Å². The summed E-state index contributed by atoms with van der Waals surface area (Å²) in [4.78, 5) is 34.8. The number of fused-ring (bicyclic) bond motifs is 2. The van der Waals surface area contributed by atoms with Crippen LogP contribution < -0.4 is 10.6 Å². The van der Waals surface area contributed by atoms with Crippen LogP contribution in [0.2, 0.25) is 0 Å². The lowest BCUT2D eigenvalue weighted by Gasteiger charge is -2.25. The van der Waals surface area contributed by atoms with Gasteiger partial charge in [-0.25, -0.2) is 24.7 Å². The number of nitrogens with zero attached hydrogens (tertiary/aromatic N) is 7. The standard InChI is InChI=1S/C28H38N10O2/c1-19-16-20(2)38(36-19)15-14-37(12-4-3-7-22-9-8-21-6-5-11-29-25(21)34-22)13-10-23(28(39)40)35-27-24-26(31-17-30-24)32-18-33-27/h8-9,16-18,23H,3-7,10-15H2,1-2H3,(H,29,34)(H,39,40)(H2,30,31,32,33,35)/t23-/m0/s1. The molecule has 0 spiro atoms. The van der Waals surface area contributed by atoms with E-state index in [0.29, 0.717) is 29.9 Å². The van der Waals surface area contributed by atoms with E-state index in [0.717, 1.165) is 81.2 Å². The van der Waals surface area contributed by atoms with E-state index < -0.39 is 12.0 Å². The largest absolute Gasteiger partial charge is 0.480 e. The van der Waals surface area contributed by atoms with Crippen molar-refractivity contribution >= 4 is 28.8 Å². The van der Waals surface area contributed by atoms with Gasteiger partial charge in [-0.1, -0.05) is 6.07 Å². The fourth-order valence-electron chi connectivity index (χ4n) is 5.23. The number of carboxylic acids is 1. The molecule has 4 aromatic rings. The number of pyridine rings is 1. The smallest absolute Gasteiger partial charge is 0.326 e. The molecule has 12 nitrogen and oxygen atoms in total. The number of H-pyrrole nitrogens is 1. The van der Waals surface area contributed by atoms with Crippen molar-refractivity contribution in [2.24, 2.45) is 0 Å². The van der Waals surface area contributed by atoms with E-state index in [1.165, 1.54) is 18.2 Å². The molecule has 0 bridgehead atoms. The Kier molecular flexibility index (Phi) is 8.84. The lowest BCUT2D eigenvalue weighted by atomic mass is 10.1. The summed E-state index contributed by atoms with van der Waals surface area (Å²) in [5.74, 6) is 0.533. The zero-order valence-electron chi connectivity index (χ0n) is 23.2. The van der Waals surface area contributed by atoms with Gasteiger partial charge >= 0.3 is 5.97 Å². The van der Waals surface area contributed by atoms with E-state index in [-0.39, 0.29) is 0 Å². The van der Waals surface area contributed by atoms with Crippen molar-refractivity contribution < 1.29 is 9.90 Å². The van der Waals surface area contributed by atoms with E-state index in [2.05, 4.69) is 65.7 Å². The van der Waals surface area contributed by atoms with Gasteiger partial charge in [0.1, 0.15) is 23.7 Å². The first kappa shape index (κ1) is 27.5. The number of hydrogen-bond acceptors (Lipinski definition) is 9. The molecule has 0 aliphatic carbocycles. The first-order chi connectivity index (χ1) is 19.5. The molecule has 40 heavy (non-hydrogen) atoms. The number of rotatable bonds is 14. The summed E-state index contributed by atoms with van der Waals surface area (Å²) in [6.45, 7) is 8.08. The summed E-state index contributed by atoms with van der Waals surface area (Å²) in [6.07, 6.45) is 8.53. The Morgan fingerprint density at radius 3 is 2.90 bits per heavy atom. The van der Waals surface area contributed by atoms with Gasteiger partial charge in [0.25, 0.3) is 0 Å². The van der Waals surface area contributed by atoms with Crippen LogP contribution in [0.25, 0.3) is 11.2 Å². The number of nitrogens with one attached hydrogen (secondary N) is 3. The molecule has 0 fully saturated rings. The SMILES string of the molecule is Cc1cc(C)n(CCN(CCCCc2ccc3c(n2)NCCC3)CC[C@H](Nc2ncnc3[nH]cnc23)C(=O)O)n1. The first-order valence-corrected chi connectivity index (χ1v) is 14.1. The Morgan fingerprint density at radius 1 is 1.18 bits per heavy atom. The van der Waals surface area contributed by atoms with Crippen LogP contribution in [0.5, 0.6) is 0 Å². The Morgan fingerprint density at radius 2 is 2.08 bits per heavy atom.